The summed E-state index contributed by atoms with van der Waals surface area (Å²) in [7, 11) is 1.75. The van der Waals surface area contributed by atoms with Gasteiger partial charge in [0.05, 0.1) is 0 Å². The summed E-state index contributed by atoms with van der Waals surface area (Å²) in [5.41, 5.74) is 1.06. The van der Waals surface area contributed by atoms with Gasteiger partial charge in [0.2, 0.25) is 0 Å². The molecule has 0 aromatic heterocycles. The molecule has 128 valence electrons. The lowest BCUT2D eigenvalue weighted by Crippen LogP contribution is -2.41. The maximum Gasteiger partial charge on any atom is 0.257 e. The first-order valence-corrected chi connectivity index (χ1v) is 8.04. The summed E-state index contributed by atoms with van der Waals surface area (Å²) in [5.74, 6) is 1.34. The number of benzene rings is 1. The molecule has 0 fully saturated rings. The molecule has 3 N–H and O–H groups in total. The Morgan fingerprint density at radius 2 is 2.09 bits per heavy atom. The molecule has 1 rings (SSSR count). The van der Waals surface area contributed by atoms with Crippen LogP contribution in [0.4, 0.5) is 0 Å². The molecule has 6 heteroatoms. The van der Waals surface area contributed by atoms with E-state index < -0.39 is 0 Å². The summed E-state index contributed by atoms with van der Waals surface area (Å²) in [6.45, 7) is 7.39. The lowest BCUT2D eigenvalue weighted by molar-refractivity contribution is -0.122. The molecule has 0 saturated heterocycles. The van der Waals surface area contributed by atoms with Crippen LogP contribution in [-0.2, 0) is 11.3 Å². The first-order chi connectivity index (χ1) is 11.1. The Balaban J connectivity index is 2.51. The Labute approximate surface area is 138 Å². The van der Waals surface area contributed by atoms with Gasteiger partial charge in [0, 0.05) is 26.2 Å². The molecule has 1 atom stereocenters. The van der Waals surface area contributed by atoms with Gasteiger partial charge in [-0.05, 0) is 38.0 Å². The SMILES string of the molecule is CCNC(=O)COc1cccc(CNC(=NC)NC(C)CC)c1. The van der Waals surface area contributed by atoms with Crippen molar-refractivity contribution >= 4 is 11.9 Å². The third-order valence-corrected chi connectivity index (χ3v) is 3.32. The van der Waals surface area contributed by atoms with Gasteiger partial charge in [0.1, 0.15) is 5.75 Å². The van der Waals surface area contributed by atoms with E-state index in [1.165, 1.54) is 0 Å². The van der Waals surface area contributed by atoms with E-state index >= 15 is 0 Å². The largest absolute Gasteiger partial charge is 0.484 e. The molecule has 1 aromatic carbocycles. The molecule has 6 nitrogen and oxygen atoms in total. The second kappa shape index (κ2) is 10.5. The maximum atomic E-state index is 11.4. The molecule has 0 aliphatic heterocycles. The van der Waals surface area contributed by atoms with Gasteiger partial charge in [0.15, 0.2) is 12.6 Å². The second-order valence-electron chi connectivity index (χ2n) is 5.27. The van der Waals surface area contributed by atoms with Crippen molar-refractivity contribution in [2.75, 3.05) is 20.2 Å². The zero-order chi connectivity index (χ0) is 17.1. The smallest absolute Gasteiger partial charge is 0.257 e. The normalized spacial score (nSPS) is 12.4. The number of aliphatic imine (C=N–C) groups is 1. The molecular formula is C17H28N4O2. The van der Waals surface area contributed by atoms with Gasteiger partial charge in [-0.15, -0.1) is 0 Å². The van der Waals surface area contributed by atoms with E-state index in [1.54, 1.807) is 7.05 Å². The number of likely N-dealkylation sites (N-methyl/N-ethyl adjacent to an activating group) is 1. The van der Waals surface area contributed by atoms with Crippen LogP contribution >= 0.6 is 0 Å². The van der Waals surface area contributed by atoms with Gasteiger partial charge < -0.3 is 20.7 Å². The molecule has 0 heterocycles. The van der Waals surface area contributed by atoms with Crippen LogP contribution in [0.2, 0.25) is 0 Å². The number of hydrogen-bond donors (Lipinski definition) is 3. The molecule has 1 amide bonds. The number of nitrogens with zero attached hydrogens (tertiary/aromatic N) is 1. The number of guanidine groups is 1. The van der Waals surface area contributed by atoms with Gasteiger partial charge in [-0.3, -0.25) is 9.79 Å². The third kappa shape index (κ3) is 7.54. The molecule has 0 saturated carbocycles. The quantitative estimate of drug-likeness (QED) is 0.503. The van der Waals surface area contributed by atoms with Crippen molar-refractivity contribution in [2.24, 2.45) is 4.99 Å². The van der Waals surface area contributed by atoms with Crippen LogP contribution in [0.3, 0.4) is 0 Å². The summed E-state index contributed by atoms with van der Waals surface area (Å²) >= 11 is 0. The van der Waals surface area contributed by atoms with Crippen molar-refractivity contribution in [2.45, 2.75) is 39.8 Å². The van der Waals surface area contributed by atoms with Gasteiger partial charge in [-0.2, -0.15) is 0 Å². The highest BCUT2D eigenvalue weighted by atomic mass is 16.5. The van der Waals surface area contributed by atoms with Crippen LogP contribution in [0.15, 0.2) is 29.3 Å². The third-order valence-electron chi connectivity index (χ3n) is 3.32. The predicted molar refractivity (Wildman–Crippen MR) is 93.7 cm³/mol. The first-order valence-electron chi connectivity index (χ1n) is 8.04. The first kappa shape index (κ1) is 18.8. The predicted octanol–water partition coefficient (Wildman–Crippen LogP) is 1.66. The molecule has 1 aromatic rings. The molecule has 0 spiro atoms. The van der Waals surface area contributed by atoms with Crippen molar-refractivity contribution in [3.63, 3.8) is 0 Å². The summed E-state index contributed by atoms with van der Waals surface area (Å²) in [6.07, 6.45) is 1.03. The number of carbonyl (C=O) groups excluding carboxylic acids is 1. The monoisotopic (exact) mass is 320 g/mol. The minimum Gasteiger partial charge on any atom is -0.484 e. The number of carbonyl (C=O) groups is 1. The standard InChI is InChI=1S/C17H28N4O2/c1-5-13(3)21-17(18-4)20-11-14-8-7-9-15(10-14)23-12-16(22)19-6-2/h7-10,13H,5-6,11-12H2,1-4H3,(H,19,22)(H2,18,20,21). The van der Waals surface area contributed by atoms with Crippen LogP contribution in [0.1, 0.15) is 32.8 Å². The fourth-order valence-electron chi connectivity index (χ4n) is 1.86. The van der Waals surface area contributed by atoms with E-state index in [4.69, 9.17) is 4.74 Å². The highest BCUT2D eigenvalue weighted by Gasteiger charge is 2.04. The fourth-order valence-corrected chi connectivity index (χ4v) is 1.86. The molecule has 0 bridgehead atoms. The molecule has 23 heavy (non-hydrogen) atoms. The molecule has 0 radical (unpaired) electrons. The van der Waals surface area contributed by atoms with Crippen LogP contribution in [0, 0.1) is 0 Å². The van der Waals surface area contributed by atoms with E-state index in [1.807, 2.05) is 31.2 Å². The Morgan fingerprint density at radius 3 is 2.74 bits per heavy atom. The van der Waals surface area contributed by atoms with Crippen molar-refractivity contribution in [3.05, 3.63) is 29.8 Å². The van der Waals surface area contributed by atoms with E-state index in [2.05, 4.69) is 34.8 Å². The maximum absolute atomic E-state index is 11.4. The van der Waals surface area contributed by atoms with Crippen LogP contribution in [-0.4, -0.2) is 38.1 Å². The number of rotatable bonds is 8. The van der Waals surface area contributed by atoms with E-state index in [0.29, 0.717) is 24.9 Å². The van der Waals surface area contributed by atoms with Gasteiger partial charge in [-0.1, -0.05) is 19.1 Å². The highest BCUT2D eigenvalue weighted by molar-refractivity contribution is 5.80. The van der Waals surface area contributed by atoms with Crippen molar-refractivity contribution in [1.82, 2.24) is 16.0 Å². The molecule has 1 unspecified atom stereocenters. The average Bonchev–Trinajstić information content (AvgIpc) is 2.57. The summed E-state index contributed by atoms with van der Waals surface area (Å²) in [6, 6.07) is 8.04. The minimum atomic E-state index is -0.116. The van der Waals surface area contributed by atoms with Crippen molar-refractivity contribution < 1.29 is 9.53 Å². The Kier molecular flexibility index (Phi) is 8.57. The number of hydrogen-bond acceptors (Lipinski definition) is 3. The van der Waals surface area contributed by atoms with Gasteiger partial charge >= 0.3 is 0 Å². The second-order valence-corrected chi connectivity index (χ2v) is 5.27. The van der Waals surface area contributed by atoms with Crippen LogP contribution < -0.4 is 20.7 Å². The summed E-state index contributed by atoms with van der Waals surface area (Å²) in [4.78, 5) is 15.6. The lowest BCUT2D eigenvalue weighted by atomic mass is 10.2. The van der Waals surface area contributed by atoms with Gasteiger partial charge in [-0.25, -0.2) is 0 Å². The number of amides is 1. The van der Waals surface area contributed by atoms with E-state index in [-0.39, 0.29) is 12.5 Å². The summed E-state index contributed by atoms with van der Waals surface area (Å²) in [5, 5.41) is 9.28. The molecular weight excluding hydrogens is 292 g/mol. The number of ether oxygens (including phenoxy) is 1. The fraction of sp³-hybridized carbons (Fsp3) is 0.529. The minimum absolute atomic E-state index is 0.0297. The van der Waals surface area contributed by atoms with Crippen LogP contribution in [0.5, 0.6) is 5.75 Å². The lowest BCUT2D eigenvalue weighted by Gasteiger charge is -2.16. The average molecular weight is 320 g/mol. The molecule has 0 aliphatic carbocycles. The van der Waals surface area contributed by atoms with Gasteiger partial charge in [0.25, 0.3) is 5.91 Å². The molecule has 0 aliphatic rings. The van der Waals surface area contributed by atoms with Crippen molar-refractivity contribution in [3.8, 4) is 5.75 Å². The van der Waals surface area contributed by atoms with E-state index in [0.717, 1.165) is 17.9 Å². The zero-order valence-corrected chi connectivity index (χ0v) is 14.5. The van der Waals surface area contributed by atoms with Crippen molar-refractivity contribution in [1.29, 1.82) is 0 Å². The Bertz CT molecular complexity index is 517. The highest BCUT2D eigenvalue weighted by Crippen LogP contribution is 2.13. The number of nitrogens with one attached hydrogen (secondary N) is 3. The topological polar surface area (TPSA) is 74.8 Å². The Hall–Kier alpha value is -2.24. The summed E-state index contributed by atoms with van der Waals surface area (Å²) < 4.78 is 5.49. The van der Waals surface area contributed by atoms with E-state index in [9.17, 15) is 4.79 Å². The Morgan fingerprint density at radius 1 is 1.30 bits per heavy atom. The zero-order valence-electron chi connectivity index (χ0n) is 14.5. The van der Waals surface area contributed by atoms with Crippen LogP contribution in [0.25, 0.3) is 0 Å².